The van der Waals surface area contributed by atoms with Gasteiger partial charge in [0.05, 0.1) is 18.1 Å². The second-order valence-corrected chi connectivity index (χ2v) is 3.86. The molecule has 0 saturated heterocycles. The fraction of sp³-hybridized carbons (Fsp3) is 0.273. The molecular weight excluding hydrogens is 176 g/mol. The van der Waals surface area contributed by atoms with Crippen LogP contribution in [0.1, 0.15) is 12.5 Å². The fourth-order valence-corrected chi connectivity index (χ4v) is 1.60. The molecule has 0 radical (unpaired) electrons. The molecule has 0 spiro atoms. The average Bonchev–Trinajstić information content (AvgIpc) is 2.62. The molecule has 0 bridgehead atoms. The SMILES string of the molecule is CC1(N)C=CC(N)C(c2ccoc2)=C1. The van der Waals surface area contributed by atoms with Crippen molar-refractivity contribution in [2.45, 2.75) is 18.5 Å². The van der Waals surface area contributed by atoms with Crippen molar-refractivity contribution >= 4 is 5.57 Å². The minimum Gasteiger partial charge on any atom is -0.472 e. The number of hydrogen-bond donors (Lipinski definition) is 2. The third kappa shape index (κ3) is 1.64. The summed E-state index contributed by atoms with van der Waals surface area (Å²) in [5.74, 6) is 0. The van der Waals surface area contributed by atoms with Crippen LogP contribution in [-0.4, -0.2) is 11.6 Å². The molecule has 2 unspecified atom stereocenters. The largest absolute Gasteiger partial charge is 0.472 e. The molecule has 0 aliphatic heterocycles. The Bertz CT molecular complexity index is 374. The molecule has 2 atom stereocenters. The highest BCUT2D eigenvalue weighted by Gasteiger charge is 2.21. The predicted octanol–water partition coefficient (Wildman–Crippen LogP) is 1.28. The second-order valence-electron chi connectivity index (χ2n) is 3.86. The molecule has 1 aromatic heterocycles. The van der Waals surface area contributed by atoms with Gasteiger partial charge in [-0.05, 0) is 18.6 Å². The van der Waals surface area contributed by atoms with Gasteiger partial charge in [-0.25, -0.2) is 0 Å². The predicted molar refractivity (Wildman–Crippen MR) is 56.4 cm³/mol. The van der Waals surface area contributed by atoms with E-state index in [4.69, 9.17) is 15.9 Å². The van der Waals surface area contributed by atoms with Crippen molar-refractivity contribution in [3.63, 3.8) is 0 Å². The molecule has 74 valence electrons. The molecule has 0 amide bonds. The monoisotopic (exact) mass is 190 g/mol. The lowest BCUT2D eigenvalue weighted by atomic mass is 9.87. The molecule has 1 aliphatic rings. The average molecular weight is 190 g/mol. The van der Waals surface area contributed by atoms with Gasteiger partial charge in [0.15, 0.2) is 0 Å². The van der Waals surface area contributed by atoms with E-state index >= 15 is 0 Å². The molecular formula is C11H14N2O. The third-order valence-electron chi connectivity index (χ3n) is 2.34. The second kappa shape index (κ2) is 3.12. The Hall–Kier alpha value is -1.32. The van der Waals surface area contributed by atoms with Gasteiger partial charge in [-0.2, -0.15) is 0 Å². The van der Waals surface area contributed by atoms with E-state index in [1.54, 1.807) is 12.5 Å². The maximum atomic E-state index is 5.99. The van der Waals surface area contributed by atoms with Gasteiger partial charge in [0.2, 0.25) is 0 Å². The quantitative estimate of drug-likeness (QED) is 0.655. The highest BCUT2D eigenvalue weighted by atomic mass is 16.3. The number of nitrogens with two attached hydrogens (primary N) is 2. The summed E-state index contributed by atoms with van der Waals surface area (Å²) < 4.78 is 5.02. The Morgan fingerprint density at radius 3 is 2.93 bits per heavy atom. The van der Waals surface area contributed by atoms with Crippen molar-refractivity contribution in [2.24, 2.45) is 11.5 Å². The maximum Gasteiger partial charge on any atom is 0.0978 e. The molecule has 14 heavy (non-hydrogen) atoms. The summed E-state index contributed by atoms with van der Waals surface area (Å²) in [6.07, 6.45) is 9.13. The zero-order valence-corrected chi connectivity index (χ0v) is 8.10. The molecule has 1 aliphatic carbocycles. The van der Waals surface area contributed by atoms with E-state index in [2.05, 4.69) is 0 Å². The third-order valence-corrected chi connectivity index (χ3v) is 2.34. The van der Waals surface area contributed by atoms with Crippen LogP contribution in [0.25, 0.3) is 5.57 Å². The van der Waals surface area contributed by atoms with Crippen LogP contribution in [0.5, 0.6) is 0 Å². The normalized spacial score (nSPS) is 31.6. The van der Waals surface area contributed by atoms with Crippen LogP contribution in [-0.2, 0) is 0 Å². The first-order chi connectivity index (χ1) is 6.58. The molecule has 0 fully saturated rings. The van der Waals surface area contributed by atoms with Gasteiger partial charge >= 0.3 is 0 Å². The van der Waals surface area contributed by atoms with Gasteiger partial charge in [0.25, 0.3) is 0 Å². The van der Waals surface area contributed by atoms with Crippen LogP contribution in [0.4, 0.5) is 0 Å². The van der Waals surface area contributed by atoms with Crippen molar-refractivity contribution in [1.29, 1.82) is 0 Å². The van der Waals surface area contributed by atoms with E-state index in [-0.39, 0.29) is 6.04 Å². The Balaban J connectivity index is 2.39. The minimum absolute atomic E-state index is 0.0933. The Morgan fingerprint density at radius 2 is 2.29 bits per heavy atom. The van der Waals surface area contributed by atoms with Crippen molar-refractivity contribution in [3.8, 4) is 0 Å². The summed E-state index contributed by atoms with van der Waals surface area (Å²) in [6.45, 7) is 1.94. The molecule has 1 heterocycles. The first-order valence-electron chi connectivity index (χ1n) is 4.58. The Morgan fingerprint density at radius 1 is 1.50 bits per heavy atom. The van der Waals surface area contributed by atoms with Crippen molar-refractivity contribution in [3.05, 3.63) is 42.4 Å². The summed E-state index contributed by atoms with van der Waals surface area (Å²) in [5.41, 5.74) is 13.5. The summed E-state index contributed by atoms with van der Waals surface area (Å²) in [5, 5.41) is 0. The Kier molecular flexibility index (Phi) is 2.06. The molecule has 2 rings (SSSR count). The lowest BCUT2D eigenvalue weighted by molar-refractivity contribution is 0.566. The highest BCUT2D eigenvalue weighted by molar-refractivity contribution is 5.73. The van der Waals surface area contributed by atoms with Crippen LogP contribution in [0.3, 0.4) is 0 Å². The lowest BCUT2D eigenvalue weighted by Gasteiger charge is -2.25. The van der Waals surface area contributed by atoms with Crippen molar-refractivity contribution < 1.29 is 4.42 Å². The molecule has 0 saturated carbocycles. The van der Waals surface area contributed by atoms with Gasteiger partial charge < -0.3 is 15.9 Å². The van der Waals surface area contributed by atoms with E-state index in [1.165, 1.54) is 0 Å². The van der Waals surface area contributed by atoms with Crippen LogP contribution in [0, 0.1) is 0 Å². The summed E-state index contributed by atoms with van der Waals surface area (Å²) in [4.78, 5) is 0. The van der Waals surface area contributed by atoms with E-state index < -0.39 is 5.54 Å². The number of furan rings is 1. The molecule has 3 heteroatoms. The van der Waals surface area contributed by atoms with Gasteiger partial charge in [0, 0.05) is 11.6 Å². The zero-order valence-electron chi connectivity index (χ0n) is 8.10. The topological polar surface area (TPSA) is 65.2 Å². The van der Waals surface area contributed by atoms with Crippen LogP contribution >= 0.6 is 0 Å². The van der Waals surface area contributed by atoms with E-state index in [1.807, 2.05) is 31.2 Å². The van der Waals surface area contributed by atoms with Gasteiger partial charge in [-0.15, -0.1) is 0 Å². The molecule has 1 aromatic rings. The lowest BCUT2D eigenvalue weighted by Crippen LogP contribution is -2.37. The minimum atomic E-state index is -0.414. The van der Waals surface area contributed by atoms with E-state index in [0.717, 1.165) is 11.1 Å². The number of hydrogen-bond acceptors (Lipinski definition) is 3. The first-order valence-corrected chi connectivity index (χ1v) is 4.58. The number of rotatable bonds is 1. The van der Waals surface area contributed by atoms with Gasteiger partial charge in [0.1, 0.15) is 0 Å². The van der Waals surface area contributed by atoms with Gasteiger partial charge in [-0.3, -0.25) is 0 Å². The smallest absolute Gasteiger partial charge is 0.0978 e. The summed E-state index contributed by atoms with van der Waals surface area (Å²) in [6, 6.07) is 1.80. The maximum absolute atomic E-state index is 5.99. The van der Waals surface area contributed by atoms with Crippen LogP contribution < -0.4 is 11.5 Å². The summed E-state index contributed by atoms with van der Waals surface area (Å²) >= 11 is 0. The zero-order chi connectivity index (χ0) is 10.2. The van der Waals surface area contributed by atoms with E-state index in [0.29, 0.717) is 0 Å². The van der Waals surface area contributed by atoms with E-state index in [9.17, 15) is 0 Å². The molecule has 4 N–H and O–H groups in total. The van der Waals surface area contributed by atoms with Gasteiger partial charge in [-0.1, -0.05) is 18.2 Å². The summed E-state index contributed by atoms with van der Waals surface area (Å²) in [7, 11) is 0. The first kappa shape index (κ1) is 9.24. The highest BCUT2D eigenvalue weighted by Crippen LogP contribution is 2.25. The van der Waals surface area contributed by atoms with Crippen molar-refractivity contribution in [1.82, 2.24) is 0 Å². The molecule has 3 nitrogen and oxygen atoms in total. The fourth-order valence-electron chi connectivity index (χ4n) is 1.60. The molecule has 0 aromatic carbocycles. The standard InChI is InChI=1S/C11H14N2O/c1-11(13)4-2-10(12)9(6-11)8-3-5-14-7-8/h2-7,10H,12-13H2,1H3. The van der Waals surface area contributed by atoms with Crippen LogP contribution in [0.2, 0.25) is 0 Å². The van der Waals surface area contributed by atoms with Crippen LogP contribution in [0.15, 0.2) is 41.2 Å². The van der Waals surface area contributed by atoms with Crippen molar-refractivity contribution in [2.75, 3.05) is 0 Å². The Labute approximate surface area is 83.1 Å².